The van der Waals surface area contributed by atoms with Gasteiger partial charge in [-0.1, -0.05) is 30.3 Å². The molecule has 0 radical (unpaired) electrons. The third-order valence-electron chi connectivity index (χ3n) is 5.53. The van der Waals surface area contributed by atoms with Crippen LogP contribution in [0.1, 0.15) is 64.9 Å². The van der Waals surface area contributed by atoms with Crippen molar-refractivity contribution in [3.63, 3.8) is 0 Å². The van der Waals surface area contributed by atoms with Gasteiger partial charge in [-0.2, -0.15) is 0 Å². The molecule has 0 bridgehead atoms. The van der Waals surface area contributed by atoms with Gasteiger partial charge < -0.3 is 14.8 Å². The molecule has 2 aliphatic rings. The molecule has 1 aromatic carbocycles. The number of carbonyl (C=O) groups excluding carboxylic acids is 2. The summed E-state index contributed by atoms with van der Waals surface area (Å²) in [4.78, 5) is 27.2. The molecular weight excluding hydrogens is 368 g/mol. The predicted octanol–water partition coefficient (Wildman–Crippen LogP) is 4.03. The first-order valence-electron chi connectivity index (χ1n) is 10.8. The van der Waals surface area contributed by atoms with Crippen molar-refractivity contribution in [3.8, 4) is 0 Å². The molecule has 6 nitrogen and oxygen atoms in total. The molecule has 6 heteroatoms. The number of esters is 1. The zero-order chi connectivity index (χ0) is 20.9. The van der Waals surface area contributed by atoms with Crippen molar-refractivity contribution in [2.24, 2.45) is 0 Å². The van der Waals surface area contributed by atoms with Crippen molar-refractivity contribution >= 4 is 12.1 Å². The van der Waals surface area contributed by atoms with E-state index in [2.05, 4.69) is 17.4 Å². The largest absolute Gasteiger partial charge is 0.461 e. The summed E-state index contributed by atoms with van der Waals surface area (Å²) in [5.41, 5.74) is 0.603. The average Bonchev–Trinajstić information content (AvgIpc) is 3.18. The fraction of sp³-hybridized carbons (Fsp3) is 0.652. The molecule has 1 saturated heterocycles. The average molecular weight is 403 g/mol. The number of piperidine rings is 1. The Labute approximate surface area is 173 Å². The third-order valence-corrected chi connectivity index (χ3v) is 5.53. The van der Waals surface area contributed by atoms with E-state index in [1.165, 1.54) is 5.56 Å². The highest BCUT2D eigenvalue weighted by molar-refractivity contribution is 5.82. The Morgan fingerprint density at radius 2 is 1.79 bits per heavy atom. The topological polar surface area (TPSA) is 67.9 Å². The van der Waals surface area contributed by atoms with Gasteiger partial charge in [0.2, 0.25) is 0 Å². The molecule has 160 valence electrons. The Balaban J connectivity index is 1.64. The van der Waals surface area contributed by atoms with E-state index in [1.54, 1.807) is 4.90 Å². The number of benzene rings is 1. The first kappa shape index (κ1) is 21.6. The van der Waals surface area contributed by atoms with Crippen molar-refractivity contribution in [3.05, 3.63) is 35.9 Å². The quantitative estimate of drug-likeness (QED) is 0.753. The number of nitrogens with zero attached hydrogens (tertiary/aromatic N) is 1. The molecule has 1 heterocycles. The van der Waals surface area contributed by atoms with Crippen molar-refractivity contribution in [2.75, 3.05) is 6.54 Å². The maximum atomic E-state index is 13.0. The molecule has 2 atom stereocenters. The lowest BCUT2D eigenvalue weighted by Gasteiger charge is -2.39. The zero-order valence-corrected chi connectivity index (χ0v) is 17.9. The van der Waals surface area contributed by atoms with Crippen molar-refractivity contribution in [1.82, 2.24) is 10.2 Å². The van der Waals surface area contributed by atoms with Crippen molar-refractivity contribution < 1.29 is 19.1 Å². The lowest BCUT2D eigenvalue weighted by Crippen LogP contribution is -2.55. The lowest BCUT2D eigenvalue weighted by molar-refractivity contribution is -0.156. The molecule has 2 unspecified atom stereocenters. The summed E-state index contributed by atoms with van der Waals surface area (Å²) < 4.78 is 11.3. The summed E-state index contributed by atoms with van der Waals surface area (Å²) in [6, 6.07) is 9.73. The molecule has 3 rings (SSSR count). The number of nitrogens with one attached hydrogen (secondary N) is 1. The highest BCUT2D eigenvalue weighted by Gasteiger charge is 2.40. The Bertz CT molecular complexity index is 680. The van der Waals surface area contributed by atoms with Crippen molar-refractivity contribution in [2.45, 2.75) is 89.6 Å². The second kappa shape index (κ2) is 9.61. The summed E-state index contributed by atoms with van der Waals surface area (Å²) in [5, 5.41) is 3.54. The van der Waals surface area contributed by atoms with Crippen LogP contribution in [-0.4, -0.2) is 47.3 Å². The van der Waals surface area contributed by atoms with E-state index in [1.807, 2.05) is 39.0 Å². The summed E-state index contributed by atoms with van der Waals surface area (Å²) in [5.74, 6) is -0.297. The Morgan fingerprint density at radius 1 is 1.10 bits per heavy atom. The van der Waals surface area contributed by atoms with Gasteiger partial charge in [-0.15, -0.1) is 0 Å². The SMILES string of the molecule is CC(C)(C)OC(=O)N1CCC(NCc2ccccc2)CC1C(=O)OC1CCCC1. The molecular formula is C23H34N2O4. The Hall–Kier alpha value is -2.08. The van der Waals surface area contributed by atoms with Crippen LogP contribution in [0, 0.1) is 0 Å². The summed E-state index contributed by atoms with van der Waals surface area (Å²) >= 11 is 0. The van der Waals surface area contributed by atoms with Crippen LogP contribution in [0.4, 0.5) is 4.79 Å². The van der Waals surface area contributed by atoms with Crippen LogP contribution in [0.3, 0.4) is 0 Å². The van der Waals surface area contributed by atoms with E-state index >= 15 is 0 Å². The molecule has 0 aromatic heterocycles. The summed E-state index contributed by atoms with van der Waals surface area (Å²) in [6.45, 7) is 6.73. The molecule has 2 fully saturated rings. The fourth-order valence-corrected chi connectivity index (χ4v) is 4.02. The summed E-state index contributed by atoms with van der Waals surface area (Å²) in [6.07, 6.45) is 4.89. The minimum absolute atomic E-state index is 0.0133. The normalized spacial score (nSPS) is 23.1. The Morgan fingerprint density at radius 3 is 2.45 bits per heavy atom. The fourth-order valence-electron chi connectivity index (χ4n) is 4.02. The molecule has 1 aromatic rings. The first-order valence-corrected chi connectivity index (χ1v) is 10.8. The van der Waals surface area contributed by atoms with Gasteiger partial charge in [0.15, 0.2) is 0 Å². The second-order valence-corrected chi connectivity index (χ2v) is 9.12. The third kappa shape index (κ3) is 6.46. The van der Waals surface area contributed by atoms with E-state index in [-0.39, 0.29) is 18.1 Å². The predicted molar refractivity (Wildman–Crippen MR) is 111 cm³/mol. The van der Waals surface area contributed by atoms with E-state index in [0.717, 1.165) is 38.6 Å². The van der Waals surface area contributed by atoms with Crippen LogP contribution in [0.25, 0.3) is 0 Å². The number of amides is 1. The van der Waals surface area contributed by atoms with Gasteiger partial charge in [-0.25, -0.2) is 9.59 Å². The monoisotopic (exact) mass is 402 g/mol. The van der Waals surface area contributed by atoms with Gasteiger partial charge in [0.05, 0.1) is 0 Å². The first-order chi connectivity index (χ1) is 13.8. The maximum Gasteiger partial charge on any atom is 0.411 e. The van der Waals surface area contributed by atoms with Crippen LogP contribution in [-0.2, 0) is 20.8 Å². The Kier molecular flexibility index (Phi) is 7.17. The van der Waals surface area contributed by atoms with Gasteiger partial charge in [0, 0.05) is 19.1 Å². The van der Waals surface area contributed by atoms with E-state index in [9.17, 15) is 9.59 Å². The maximum absolute atomic E-state index is 13.0. The van der Waals surface area contributed by atoms with Gasteiger partial charge in [-0.3, -0.25) is 4.90 Å². The number of hydrogen-bond acceptors (Lipinski definition) is 5. The van der Waals surface area contributed by atoms with Gasteiger partial charge in [0.1, 0.15) is 17.7 Å². The van der Waals surface area contributed by atoms with Gasteiger partial charge in [-0.05, 0) is 64.9 Å². The molecule has 29 heavy (non-hydrogen) atoms. The number of hydrogen-bond donors (Lipinski definition) is 1. The smallest absolute Gasteiger partial charge is 0.411 e. The van der Waals surface area contributed by atoms with Gasteiger partial charge >= 0.3 is 12.1 Å². The highest BCUT2D eigenvalue weighted by Crippen LogP contribution is 2.26. The van der Waals surface area contributed by atoms with Crippen LogP contribution >= 0.6 is 0 Å². The van der Waals surface area contributed by atoms with E-state index in [0.29, 0.717) is 13.0 Å². The number of likely N-dealkylation sites (tertiary alicyclic amines) is 1. The van der Waals surface area contributed by atoms with Crippen molar-refractivity contribution in [1.29, 1.82) is 0 Å². The minimum atomic E-state index is -0.604. The molecule has 0 spiro atoms. The molecule has 1 aliphatic carbocycles. The van der Waals surface area contributed by atoms with Crippen LogP contribution < -0.4 is 5.32 Å². The number of rotatable bonds is 5. The van der Waals surface area contributed by atoms with E-state index in [4.69, 9.17) is 9.47 Å². The molecule has 1 aliphatic heterocycles. The second-order valence-electron chi connectivity index (χ2n) is 9.12. The van der Waals surface area contributed by atoms with Crippen LogP contribution in [0.15, 0.2) is 30.3 Å². The minimum Gasteiger partial charge on any atom is -0.461 e. The molecule has 1 N–H and O–H groups in total. The zero-order valence-electron chi connectivity index (χ0n) is 17.9. The number of ether oxygens (including phenoxy) is 2. The standard InChI is InChI=1S/C23H34N2O4/c1-23(2,3)29-22(27)25-14-13-18(24-16-17-9-5-4-6-10-17)15-20(25)21(26)28-19-11-7-8-12-19/h4-6,9-10,18-20,24H,7-8,11-16H2,1-3H3. The van der Waals surface area contributed by atoms with Gasteiger partial charge in [0.25, 0.3) is 0 Å². The van der Waals surface area contributed by atoms with Crippen LogP contribution in [0.2, 0.25) is 0 Å². The van der Waals surface area contributed by atoms with E-state index < -0.39 is 17.7 Å². The molecule has 1 saturated carbocycles. The van der Waals surface area contributed by atoms with Crippen LogP contribution in [0.5, 0.6) is 0 Å². The molecule has 1 amide bonds. The summed E-state index contributed by atoms with van der Waals surface area (Å²) in [7, 11) is 0. The lowest BCUT2D eigenvalue weighted by atomic mass is 9.97. The number of carbonyl (C=O) groups is 2. The highest BCUT2D eigenvalue weighted by atomic mass is 16.6.